The van der Waals surface area contributed by atoms with Gasteiger partial charge in [-0.15, -0.1) is 11.3 Å². The standard InChI is InChI=1S/C16H26N2S2/c1-5-13-11(2)20-14(17-13)16(18-12-6-7-12)8-15(3,4)9-19-10-16/h12,18H,5-10H2,1-4H3. The van der Waals surface area contributed by atoms with Gasteiger partial charge in [0.25, 0.3) is 0 Å². The zero-order chi connectivity index (χ0) is 14.4. The molecular formula is C16H26N2S2. The summed E-state index contributed by atoms with van der Waals surface area (Å²) in [5.41, 5.74) is 1.82. The lowest BCUT2D eigenvalue weighted by Crippen LogP contribution is -2.51. The summed E-state index contributed by atoms with van der Waals surface area (Å²) < 4.78 is 0. The molecule has 0 amide bonds. The molecule has 1 aliphatic heterocycles. The first-order valence-electron chi connectivity index (χ1n) is 7.76. The molecule has 0 spiro atoms. The topological polar surface area (TPSA) is 24.9 Å². The maximum absolute atomic E-state index is 5.01. The molecule has 2 fully saturated rings. The molecule has 0 bridgehead atoms. The Kier molecular flexibility index (Phi) is 3.93. The van der Waals surface area contributed by atoms with Crippen LogP contribution >= 0.6 is 23.1 Å². The fourth-order valence-corrected chi connectivity index (χ4v) is 5.96. The molecule has 1 saturated heterocycles. The van der Waals surface area contributed by atoms with Gasteiger partial charge in [-0.25, -0.2) is 4.98 Å². The second kappa shape index (κ2) is 5.29. The normalized spacial score (nSPS) is 29.6. The van der Waals surface area contributed by atoms with Gasteiger partial charge in [0.05, 0.1) is 11.2 Å². The van der Waals surface area contributed by atoms with Crippen LogP contribution in [0.25, 0.3) is 0 Å². The van der Waals surface area contributed by atoms with Crippen LogP contribution in [-0.2, 0) is 12.0 Å². The van der Waals surface area contributed by atoms with Gasteiger partial charge in [-0.1, -0.05) is 20.8 Å². The quantitative estimate of drug-likeness (QED) is 0.905. The molecule has 4 heteroatoms. The Bertz CT molecular complexity index is 491. The third kappa shape index (κ3) is 2.93. The Morgan fingerprint density at radius 3 is 2.60 bits per heavy atom. The molecule has 2 heterocycles. The Morgan fingerprint density at radius 2 is 2.05 bits per heavy atom. The van der Waals surface area contributed by atoms with Gasteiger partial charge in [0, 0.05) is 16.7 Å². The number of hydrogen-bond donors (Lipinski definition) is 1. The number of rotatable bonds is 4. The monoisotopic (exact) mass is 310 g/mol. The molecular weight excluding hydrogens is 284 g/mol. The van der Waals surface area contributed by atoms with Crippen molar-refractivity contribution < 1.29 is 0 Å². The summed E-state index contributed by atoms with van der Waals surface area (Å²) in [5.74, 6) is 2.45. The highest BCUT2D eigenvalue weighted by Crippen LogP contribution is 2.47. The first-order valence-corrected chi connectivity index (χ1v) is 9.73. The molecule has 2 aliphatic rings. The van der Waals surface area contributed by atoms with Crippen molar-refractivity contribution >= 4 is 23.1 Å². The van der Waals surface area contributed by atoms with E-state index in [2.05, 4.69) is 44.8 Å². The van der Waals surface area contributed by atoms with Gasteiger partial charge in [0.15, 0.2) is 0 Å². The summed E-state index contributed by atoms with van der Waals surface area (Å²) in [6.45, 7) is 9.26. The second-order valence-electron chi connectivity index (χ2n) is 7.21. The third-order valence-corrected chi connectivity index (χ3v) is 7.22. The van der Waals surface area contributed by atoms with Crippen LogP contribution < -0.4 is 5.32 Å². The molecule has 20 heavy (non-hydrogen) atoms. The number of nitrogens with one attached hydrogen (secondary N) is 1. The fourth-order valence-electron chi connectivity index (χ4n) is 3.29. The van der Waals surface area contributed by atoms with Crippen LogP contribution in [0.2, 0.25) is 0 Å². The first kappa shape index (κ1) is 14.9. The largest absolute Gasteiger partial charge is 0.302 e. The van der Waals surface area contributed by atoms with Gasteiger partial charge in [0.2, 0.25) is 0 Å². The SMILES string of the molecule is CCc1nc(C2(NC3CC3)CSCC(C)(C)C2)sc1C. The average Bonchev–Trinajstić information content (AvgIpc) is 3.08. The first-order chi connectivity index (χ1) is 9.44. The summed E-state index contributed by atoms with van der Waals surface area (Å²) in [7, 11) is 0. The number of nitrogens with zero attached hydrogens (tertiary/aromatic N) is 1. The van der Waals surface area contributed by atoms with Crippen molar-refractivity contribution in [1.82, 2.24) is 10.3 Å². The van der Waals surface area contributed by atoms with Crippen molar-refractivity contribution in [2.75, 3.05) is 11.5 Å². The van der Waals surface area contributed by atoms with E-state index >= 15 is 0 Å². The zero-order valence-electron chi connectivity index (χ0n) is 13.1. The summed E-state index contributed by atoms with van der Waals surface area (Å²) in [6, 6.07) is 0.735. The average molecular weight is 311 g/mol. The lowest BCUT2D eigenvalue weighted by molar-refractivity contribution is 0.221. The fraction of sp³-hybridized carbons (Fsp3) is 0.812. The predicted molar refractivity (Wildman–Crippen MR) is 89.8 cm³/mol. The van der Waals surface area contributed by atoms with Crippen molar-refractivity contribution in [1.29, 1.82) is 0 Å². The minimum Gasteiger partial charge on any atom is -0.302 e. The number of thiazole rings is 1. The van der Waals surface area contributed by atoms with Crippen molar-refractivity contribution in [2.45, 2.75) is 65.0 Å². The van der Waals surface area contributed by atoms with Crippen molar-refractivity contribution in [2.24, 2.45) is 5.41 Å². The minimum absolute atomic E-state index is 0.121. The van der Waals surface area contributed by atoms with Gasteiger partial charge in [-0.05, 0) is 43.8 Å². The molecule has 1 aromatic rings. The molecule has 1 saturated carbocycles. The molecule has 1 aromatic heterocycles. The van der Waals surface area contributed by atoms with E-state index in [4.69, 9.17) is 4.98 Å². The Hall–Kier alpha value is -0.0600. The summed E-state index contributed by atoms with van der Waals surface area (Å²) >= 11 is 4.03. The van der Waals surface area contributed by atoms with Crippen LogP contribution in [0.15, 0.2) is 0 Å². The zero-order valence-corrected chi connectivity index (χ0v) is 14.7. The molecule has 1 unspecified atom stereocenters. The molecule has 0 aromatic carbocycles. The smallest absolute Gasteiger partial charge is 0.114 e. The van der Waals surface area contributed by atoms with Crippen LogP contribution in [0.4, 0.5) is 0 Å². The molecule has 0 radical (unpaired) electrons. The van der Waals surface area contributed by atoms with Gasteiger partial charge < -0.3 is 5.32 Å². The third-order valence-electron chi connectivity index (χ3n) is 4.32. The molecule has 2 nitrogen and oxygen atoms in total. The van der Waals surface area contributed by atoms with E-state index in [9.17, 15) is 0 Å². The number of aromatic nitrogens is 1. The maximum Gasteiger partial charge on any atom is 0.114 e. The van der Waals surface area contributed by atoms with E-state index < -0.39 is 0 Å². The van der Waals surface area contributed by atoms with Gasteiger partial charge in [-0.2, -0.15) is 11.8 Å². The highest BCUT2D eigenvalue weighted by atomic mass is 32.2. The van der Waals surface area contributed by atoms with E-state index in [0.29, 0.717) is 5.41 Å². The highest BCUT2D eigenvalue weighted by Gasteiger charge is 2.46. The summed E-state index contributed by atoms with van der Waals surface area (Å²) in [5, 5.41) is 5.32. The lowest BCUT2D eigenvalue weighted by atomic mass is 9.80. The van der Waals surface area contributed by atoms with Gasteiger partial charge >= 0.3 is 0 Å². The second-order valence-corrected chi connectivity index (χ2v) is 9.40. The summed E-state index contributed by atoms with van der Waals surface area (Å²) in [6.07, 6.45) is 4.97. The van der Waals surface area contributed by atoms with Crippen LogP contribution in [0, 0.1) is 12.3 Å². The van der Waals surface area contributed by atoms with Crippen molar-refractivity contribution in [3.63, 3.8) is 0 Å². The van der Waals surface area contributed by atoms with E-state index in [1.54, 1.807) is 0 Å². The molecule has 112 valence electrons. The lowest BCUT2D eigenvalue weighted by Gasteiger charge is -2.44. The van der Waals surface area contributed by atoms with Gasteiger partial charge in [0.1, 0.15) is 5.01 Å². The number of thioether (sulfide) groups is 1. The van der Waals surface area contributed by atoms with Gasteiger partial charge in [-0.3, -0.25) is 0 Å². The van der Waals surface area contributed by atoms with E-state index in [1.165, 1.54) is 46.3 Å². The molecule has 1 N–H and O–H groups in total. The minimum atomic E-state index is 0.121. The van der Waals surface area contributed by atoms with Crippen molar-refractivity contribution in [3.05, 3.63) is 15.6 Å². The highest BCUT2D eigenvalue weighted by molar-refractivity contribution is 7.99. The Morgan fingerprint density at radius 1 is 1.30 bits per heavy atom. The van der Waals surface area contributed by atoms with Crippen LogP contribution in [0.1, 0.15) is 55.6 Å². The Labute approximate surface area is 131 Å². The van der Waals surface area contributed by atoms with Crippen LogP contribution in [0.3, 0.4) is 0 Å². The van der Waals surface area contributed by atoms with Crippen molar-refractivity contribution in [3.8, 4) is 0 Å². The van der Waals surface area contributed by atoms with E-state index in [0.717, 1.165) is 12.5 Å². The Balaban J connectivity index is 1.95. The summed E-state index contributed by atoms with van der Waals surface area (Å²) in [4.78, 5) is 6.42. The van der Waals surface area contributed by atoms with E-state index in [1.807, 2.05) is 11.3 Å². The number of hydrogen-bond acceptors (Lipinski definition) is 4. The molecule has 1 atom stereocenters. The molecule has 3 rings (SSSR count). The maximum atomic E-state index is 5.01. The van der Waals surface area contributed by atoms with Crippen LogP contribution in [-0.4, -0.2) is 22.5 Å². The predicted octanol–water partition coefficient (Wildman–Crippen LogP) is 4.12. The molecule has 1 aliphatic carbocycles. The van der Waals surface area contributed by atoms with Crippen LogP contribution in [0.5, 0.6) is 0 Å². The van der Waals surface area contributed by atoms with E-state index in [-0.39, 0.29) is 5.54 Å². The number of aryl methyl sites for hydroxylation is 2.